The second-order valence-corrected chi connectivity index (χ2v) is 7.32. The minimum Gasteiger partial charge on any atom is -0.346 e. The van der Waals surface area contributed by atoms with Gasteiger partial charge in [-0.1, -0.05) is 20.8 Å². The fourth-order valence-corrected chi connectivity index (χ4v) is 4.63. The molecule has 0 aromatic carbocycles. The van der Waals surface area contributed by atoms with E-state index in [1.807, 2.05) is 11.3 Å². The van der Waals surface area contributed by atoms with Crippen LogP contribution in [0.5, 0.6) is 0 Å². The van der Waals surface area contributed by atoms with E-state index in [4.69, 9.17) is 4.98 Å². The summed E-state index contributed by atoms with van der Waals surface area (Å²) >= 11 is 4.00. The smallest absolute Gasteiger partial charge is 0.185 e. The van der Waals surface area contributed by atoms with E-state index in [0.29, 0.717) is 0 Å². The first kappa shape index (κ1) is 15.1. The normalized spacial score (nSPS) is 19.9. The molecule has 0 radical (unpaired) electrons. The van der Waals surface area contributed by atoms with Gasteiger partial charge in [-0.15, -0.1) is 11.3 Å². The molecular weight excluding hydrogens is 274 g/mol. The summed E-state index contributed by atoms with van der Waals surface area (Å²) in [5, 5.41) is 5.44. The molecule has 2 heterocycles. The van der Waals surface area contributed by atoms with E-state index in [1.54, 1.807) is 0 Å². The number of aryl methyl sites for hydroxylation is 1. The number of anilines is 1. The van der Waals surface area contributed by atoms with Gasteiger partial charge in [0.15, 0.2) is 5.13 Å². The van der Waals surface area contributed by atoms with Gasteiger partial charge < -0.3 is 10.2 Å². The highest BCUT2D eigenvalue weighted by molar-refractivity contribution is 8.00. The Kier molecular flexibility index (Phi) is 5.98. The van der Waals surface area contributed by atoms with Crippen molar-refractivity contribution in [3.63, 3.8) is 0 Å². The highest BCUT2D eigenvalue weighted by atomic mass is 32.2. The zero-order chi connectivity index (χ0) is 13.7. The molecule has 1 aliphatic heterocycles. The van der Waals surface area contributed by atoms with Gasteiger partial charge in [-0.25, -0.2) is 4.98 Å². The summed E-state index contributed by atoms with van der Waals surface area (Å²) < 4.78 is 0. The van der Waals surface area contributed by atoms with Gasteiger partial charge in [-0.2, -0.15) is 11.8 Å². The lowest BCUT2D eigenvalue weighted by Gasteiger charge is -2.31. The van der Waals surface area contributed by atoms with E-state index in [-0.39, 0.29) is 0 Å². The fourth-order valence-electron chi connectivity index (χ4n) is 2.30. The van der Waals surface area contributed by atoms with Crippen molar-refractivity contribution in [2.75, 3.05) is 30.3 Å². The molecule has 1 aromatic heterocycles. The molecule has 0 aliphatic carbocycles. The predicted octanol–water partition coefficient (Wildman–Crippen LogP) is 3.15. The van der Waals surface area contributed by atoms with Crippen molar-refractivity contribution in [2.45, 2.75) is 45.4 Å². The molecule has 108 valence electrons. The average Bonchev–Trinajstić information content (AvgIpc) is 2.88. The maximum atomic E-state index is 4.87. The predicted molar refractivity (Wildman–Crippen MR) is 87.6 cm³/mol. The van der Waals surface area contributed by atoms with E-state index < -0.39 is 0 Å². The molecule has 0 amide bonds. The second kappa shape index (κ2) is 7.50. The molecule has 0 bridgehead atoms. The van der Waals surface area contributed by atoms with Crippen LogP contribution in [-0.4, -0.2) is 35.6 Å². The van der Waals surface area contributed by atoms with Gasteiger partial charge in [0.25, 0.3) is 0 Å². The van der Waals surface area contributed by atoms with E-state index in [1.165, 1.54) is 34.4 Å². The average molecular weight is 300 g/mol. The minimum absolute atomic E-state index is 0.778. The first-order chi connectivity index (χ1) is 9.28. The van der Waals surface area contributed by atoms with Gasteiger partial charge in [0.1, 0.15) is 0 Å². The summed E-state index contributed by atoms with van der Waals surface area (Å²) in [6.45, 7) is 11.0. The zero-order valence-corrected chi connectivity index (χ0v) is 13.9. The zero-order valence-electron chi connectivity index (χ0n) is 12.2. The Labute approximate surface area is 125 Å². The maximum Gasteiger partial charge on any atom is 0.185 e. The molecule has 1 unspecified atom stereocenters. The number of nitrogens with zero attached hydrogens (tertiary/aromatic N) is 2. The van der Waals surface area contributed by atoms with Crippen molar-refractivity contribution < 1.29 is 0 Å². The Morgan fingerprint density at radius 2 is 2.21 bits per heavy atom. The highest BCUT2D eigenvalue weighted by Gasteiger charge is 2.22. The monoisotopic (exact) mass is 299 g/mol. The SMILES string of the molecule is CCNCc1sc(N2CCSC(CC)C2)nc1CC. The van der Waals surface area contributed by atoms with E-state index in [2.05, 4.69) is 42.7 Å². The maximum absolute atomic E-state index is 4.87. The summed E-state index contributed by atoms with van der Waals surface area (Å²) in [4.78, 5) is 8.78. The van der Waals surface area contributed by atoms with Crippen LogP contribution in [0, 0.1) is 0 Å². The molecule has 2 rings (SSSR count). The molecule has 1 atom stereocenters. The number of thioether (sulfide) groups is 1. The minimum atomic E-state index is 0.778. The molecule has 1 saturated heterocycles. The molecule has 1 aliphatic rings. The van der Waals surface area contributed by atoms with Gasteiger partial charge >= 0.3 is 0 Å². The van der Waals surface area contributed by atoms with Crippen LogP contribution in [0.4, 0.5) is 5.13 Å². The van der Waals surface area contributed by atoms with E-state index in [9.17, 15) is 0 Å². The summed E-state index contributed by atoms with van der Waals surface area (Å²) in [7, 11) is 0. The molecule has 5 heteroatoms. The first-order valence-electron chi connectivity index (χ1n) is 7.34. The topological polar surface area (TPSA) is 28.2 Å². The fraction of sp³-hybridized carbons (Fsp3) is 0.786. The Morgan fingerprint density at radius 3 is 2.89 bits per heavy atom. The third kappa shape index (κ3) is 3.86. The van der Waals surface area contributed by atoms with Crippen LogP contribution in [0.3, 0.4) is 0 Å². The molecule has 0 spiro atoms. The molecule has 3 nitrogen and oxygen atoms in total. The van der Waals surface area contributed by atoms with Crippen molar-refractivity contribution >= 4 is 28.2 Å². The first-order valence-corrected chi connectivity index (χ1v) is 9.20. The molecular formula is C14H25N3S2. The summed E-state index contributed by atoms with van der Waals surface area (Å²) in [6.07, 6.45) is 2.30. The summed E-state index contributed by atoms with van der Waals surface area (Å²) in [5.74, 6) is 1.24. The molecule has 1 fully saturated rings. The van der Waals surface area contributed by atoms with Crippen molar-refractivity contribution in [3.8, 4) is 0 Å². The number of aromatic nitrogens is 1. The van der Waals surface area contributed by atoms with Crippen molar-refractivity contribution in [1.82, 2.24) is 10.3 Å². The number of rotatable bonds is 6. The molecule has 19 heavy (non-hydrogen) atoms. The van der Waals surface area contributed by atoms with Crippen molar-refractivity contribution in [3.05, 3.63) is 10.6 Å². The molecule has 1 aromatic rings. The third-order valence-corrected chi connectivity index (χ3v) is 6.03. The van der Waals surface area contributed by atoms with Gasteiger partial charge in [0.05, 0.1) is 5.69 Å². The standard InChI is InChI=1S/C14H25N3S2/c1-4-11-10-17(7-8-18-11)14-16-12(5-2)13(19-14)9-15-6-3/h11,15H,4-10H2,1-3H3. The quantitative estimate of drug-likeness (QED) is 0.873. The van der Waals surface area contributed by atoms with Crippen LogP contribution in [0.2, 0.25) is 0 Å². The molecule has 1 N–H and O–H groups in total. The number of hydrogen-bond donors (Lipinski definition) is 1. The van der Waals surface area contributed by atoms with Crippen LogP contribution in [-0.2, 0) is 13.0 Å². The Balaban J connectivity index is 2.08. The Morgan fingerprint density at radius 1 is 1.37 bits per heavy atom. The third-order valence-electron chi connectivity index (χ3n) is 3.50. The highest BCUT2D eigenvalue weighted by Crippen LogP contribution is 2.31. The van der Waals surface area contributed by atoms with Crippen LogP contribution in [0.15, 0.2) is 0 Å². The van der Waals surface area contributed by atoms with Gasteiger partial charge in [0, 0.05) is 35.5 Å². The Hall–Kier alpha value is -0.260. The number of nitrogens with one attached hydrogen (secondary N) is 1. The largest absolute Gasteiger partial charge is 0.346 e. The molecule has 0 saturated carbocycles. The van der Waals surface area contributed by atoms with Gasteiger partial charge in [-0.05, 0) is 19.4 Å². The van der Waals surface area contributed by atoms with Gasteiger partial charge in [-0.3, -0.25) is 0 Å². The Bertz CT molecular complexity index is 392. The van der Waals surface area contributed by atoms with E-state index in [0.717, 1.165) is 31.3 Å². The number of hydrogen-bond acceptors (Lipinski definition) is 5. The lowest BCUT2D eigenvalue weighted by atomic mass is 10.3. The van der Waals surface area contributed by atoms with Crippen LogP contribution < -0.4 is 10.2 Å². The summed E-state index contributed by atoms with van der Waals surface area (Å²) in [5.41, 5.74) is 1.28. The van der Waals surface area contributed by atoms with Crippen molar-refractivity contribution in [2.24, 2.45) is 0 Å². The van der Waals surface area contributed by atoms with Crippen LogP contribution in [0.1, 0.15) is 37.8 Å². The van der Waals surface area contributed by atoms with E-state index >= 15 is 0 Å². The second-order valence-electron chi connectivity index (χ2n) is 4.85. The van der Waals surface area contributed by atoms with Crippen LogP contribution >= 0.6 is 23.1 Å². The number of thiazole rings is 1. The lowest BCUT2D eigenvalue weighted by molar-refractivity contribution is 0.721. The van der Waals surface area contributed by atoms with Crippen LogP contribution in [0.25, 0.3) is 0 Å². The van der Waals surface area contributed by atoms with Gasteiger partial charge in [0.2, 0.25) is 0 Å². The summed E-state index contributed by atoms with van der Waals surface area (Å²) in [6, 6.07) is 0. The van der Waals surface area contributed by atoms with Crippen molar-refractivity contribution in [1.29, 1.82) is 0 Å². The lowest BCUT2D eigenvalue weighted by Crippen LogP contribution is -2.37.